The number of benzene rings is 1. The fourth-order valence-electron chi connectivity index (χ4n) is 2.97. The summed E-state index contributed by atoms with van der Waals surface area (Å²) in [7, 11) is 1.81. The van der Waals surface area contributed by atoms with Gasteiger partial charge in [0.25, 0.3) is 5.91 Å². The molecule has 0 spiro atoms. The molecule has 0 fully saturated rings. The van der Waals surface area contributed by atoms with Crippen molar-refractivity contribution in [2.45, 2.75) is 33.9 Å². The second kappa shape index (κ2) is 6.93. The summed E-state index contributed by atoms with van der Waals surface area (Å²) in [4.78, 5) is 14.7. The maximum Gasteiger partial charge on any atom is 0.257 e. The topological polar surface area (TPSA) is 56.0 Å². The van der Waals surface area contributed by atoms with E-state index in [0.717, 1.165) is 29.2 Å². The highest BCUT2D eigenvalue weighted by molar-refractivity contribution is 5.96. The van der Waals surface area contributed by atoms with E-state index in [1.54, 1.807) is 11.1 Å². The van der Waals surface area contributed by atoms with Gasteiger partial charge in [0.2, 0.25) is 0 Å². The number of rotatable bonds is 5. The Morgan fingerprint density at radius 3 is 2.56 bits per heavy atom. The van der Waals surface area contributed by atoms with Crippen LogP contribution >= 0.6 is 0 Å². The average Bonchev–Trinajstić information content (AvgIpc) is 3.19. The van der Waals surface area contributed by atoms with Crippen molar-refractivity contribution >= 4 is 5.91 Å². The van der Waals surface area contributed by atoms with E-state index in [0.29, 0.717) is 12.1 Å². The lowest BCUT2D eigenvalue weighted by Crippen LogP contribution is -2.27. The number of amides is 1. The summed E-state index contributed by atoms with van der Waals surface area (Å²) in [6.45, 7) is 7.19. The smallest absolute Gasteiger partial charge is 0.257 e. The van der Waals surface area contributed by atoms with Gasteiger partial charge in [0, 0.05) is 31.9 Å². The number of para-hydroxylation sites is 1. The van der Waals surface area contributed by atoms with Crippen molar-refractivity contribution in [3.8, 4) is 5.69 Å². The zero-order valence-electron chi connectivity index (χ0n) is 15.1. The van der Waals surface area contributed by atoms with Gasteiger partial charge < -0.3 is 4.90 Å². The third-order valence-electron chi connectivity index (χ3n) is 4.28. The summed E-state index contributed by atoms with van der Waals surface area (Å²) < 4.78 is 3.68. The first-order chi connectivity index (χ1) is 12.0. The first-order valence-electron chi connectivity index (χ1n) is 8.39. The van der Waals surface area contributed by atoms with Gasteiger partial charge in [-0.05, 0) is 32.9 Å². The van der Waals surface area contributed by atoms with Crippen molar-refractivity contribution < 1.29 is 4.79 Å². The normalized spacial score (nSPS) is 10.9. The number of aryl methyl sites for hydroxylation is 2. The molecule has 0 N–H and O–H groups in total. The third-order valence-corrected chi connectivity index (χ3v) is 4.28. The molecule has 2 aromatic heterocycles. The van der Waals surface area contributed by atoms with E-state index < -0.39 is 0 Å². The van der Waals surface area contributed by atoms with Gasteiger partial charge in [0.05, 0.1) is 28.8 Å². The number of carbonyl (C=O) groups is 1. The third kappa shape index (κ3) is 3.33. The summed E-state index contributed by atoms with van der Waals surface area (Å²) >= 11 is 0. The van der Waals surface area contributed by atoms with Gasteiger partial charge >= 0.3 is 0 Å². The molecule has 0 saturated heterocycles. The van der Waals surface area contributed by atoms with Crippen LogP contribution in [0.1, 0.15) is 34.2 Å². The van der Waals surface area contributed by atoms with Crippen molar-refractivity contribution in [1.29, 1.82) is 0 Å². The Labute approximate surface area is 147 Å². The Balaban J connectivity index is 1.85. The molecule has 0 atom stereocenters. The molecule has 0 saturated carbocycles. The molecule has 0 bridgehead atoms. The van der Waals surface area contributed by atoms with Crippen LogP contribution in [0.5, 0.6) is 0 Å². The van der Waals surface area contributed by atoms with E-state index in [4.69, 9.17) is 0 Å². The molecular formula is C19H23N5O. The van der Waals surface area contributed by atoms with E-state index in [1.807, 2.05) is 73.7 Å². The maximum absolute atomic E-state index is 13.0. The lowest BCUT2D eigenvalue weighted by Gasteiger charge is -2.16. The van der Waals surface area contributed by atoms with E-state index in [2.05, 4.69) is 10.2 Å². The first kappa shape index (κ1) is 17.0. The minimum absolute atomic E-state index is 0.0265. The second-order valence-corrected chi connectivity index (χ2v) is 6.16. The molecular weight excluding hydrogens is 314 g/mol. The molecule has 0 unspecified atom stereocenters. The molecule has 0 aliphatic rings. The van der Waals surface area contributed by atoms with Crippen molar-refractivity contribution in [3.63, 3.8) is 0 Å². The molecule has 1 amide bonds. The van der Waals surface area contributed by atoms with Crippen LogP contribution in [0.25, 0.3) is 5.69 Å². The summed E-state index contributed by atoms with van der Waals surface area (Å²) in [6.07, 6.45) is 3.78. The summed E-state index contributed by atoms with van der Waals surface area (Å²) in [5.74, 6) is -0.0265. The van der Waals surface area contributed by atoms with Crippen LogP contribution in [-0.2, 0) is 13.1 Å². The minimum atomic E-state index is -0.0265. The Bertz CT molecular complexity index is 879. The molecule has 25 heavy (non-hydrogen) atoms. The minimum Gasteiger partial charge on any atom is -0.337 e. The number of aromatic nitrogens is 4. The first-order valence-corrected chi connectivity index (χ1v) is 8.39. The summed E-state index contributed by atoms with van der Waals surface area (Å²) in [5, 5.41) is 8.82. The van der Waals surface area contributed by atoms with Crippen molar-refractivity contribution in [2.75, 3.05) is 7.05 Å². The number of nitrogens with zero attached hydrogens (tertiary/aromatic N) is 5. The predicted molar refractivity (Wildman–Crippen MR) is 96.7 cm³/mol. The fourth-order valence-corrected chi connectivity index (χ4v) is 2.97. The standard InChI is InChI=1S/C19H23N5O/c1-5-23-13-16(11-20-23)12-22(4)19(25)18-14(2)21-24(15(18)3)17-9-7-6-8-10-17/h6-11,13H,5,12H2,1-4H3. The molecule has 3 rings (SSSR count). The molecule has 6 heteroatoms. The largest absolute Gasteiger partial charge is 0.337 e. The maximum atomic E-state index is 13.0. The zero-order valence-corrected chi connectivity index (χ0v) is 15.1. The van der Waals surface area contributed by atoms with E-state index in [-0.39, 0.29) is 5.91 Å². The van der Waals surface area contributed by atoms with Crippen LogP contribution < -0.4 is 0 Å². The van der Waals surface area contributed by atoms with E-state index >= 15 is 0 Å². The second-order valence-electron chi connectivity index (χ2n) is 6.16. The zero-order chi connectivity index (χ0) is 18.0. The van der Waals surface area contributed by atoms with Gasteiger partial charge in [-0.2, -0.15) is 10.2 Å². The Morgan fingerprint density at radius 1 is 1.20 bits per heavy atom. The quantitative estimate of drug-likeness (QED) is 0.719. The molecule has 130 valence electrons. The van der Waals surface area contributed by atoms with Gasteiger partial charge in [-0.3, -0.25) is 9.48 Å². The highest BCUT2D eigenvalue weighted by Crippen LogP contribution is 2.20. The SMILES string of the molecule is CCn1cc(CN(C)C(=O)c2c(C)nn(-c3ccccc3)c2C)cn1. The van der Waals surface area contributed by atoms with Gasteiger partial charge in [-0.1, -0.05) is 18.2 Å². The molecule has 0 aliphatic carbocycles. The van der Waals surface area contributed by atoms with Gasteiger partial charge in [-0.25, -0.2) is 4.68 Å². The molecule has 2 heterocycles. The van der Waals surface area contributed by atoms with Gasteiger partial charge in [0.15, 0.2) is 0 Å². The van der Waals surface area contributed by atoms with Crippen LogP contribution in [-0.4, -0.2) is 37.4 Å². The van der Waals surface area contributed by atoms with E-state index in [9.17, 15) is 4.79 Å². The highest BCUT2D eigenvalue weighted by Gasteiger charge is 2.22. The monoisotopic (exact) mass is 337 g/mol. The highest BCUT2D eigenvalue weighted by atomic mass is 16.2. The average molecular weight is 337 g/mol. The Morgan fingerprint density at radius 2 is 1.92 bits per heavy atom. The van der Waals surface area contributed by atoms with Crippen molar-refractivity contribution in [3.05, 3.63) is 65.2 Å². The van der Waals surface area contributed by atoms with Crippen LogP contribution in [0.3, 0.4) is 0 Å². The lowest BCUT2D eigenvalue weighted by molar-refractivity contribution is 0.0783. The number of carbonyl (C=O) groups excluding carboxylic acids is 1. The number of hydrogen-bond acceptors (Lipinski definition) is 3. The van der Waals surface area contributed by atoms with Crippen molar-refractivity contribution in [1.82, 2.24) is 24.5 Å². The number of hydrogen-bond donors (Lipinski definition) is 0. The molecule has 6 nitrogen and oxygen atoms in total. The lowest BCUT2D eigenvalue weighted by atomic mass is 10.1. The van der Waals surface area contributed by atoms with Gasteiger partial charge in [-0.15, -0.1) is 0 Å². The van der Waals surface area contributed by atoms with Crippen LogP contribution in [0.2, 0.25) is 0 Å². The Kier molecular flexibility index (Phi) is 4.70. The summed E-state index contributed by atoms with van der Waals surface area (Å²) in [6, 6.07) is 9.86. The van der Waals surface area contributed by atoms with Crippen LogP contribution in [0.15, 0.2) is 42.7 Å². The Hall–Kier alpha value is -2.89. The molecule has 0 aliphatic heterocycles. The van der Waals surface area contributed by atoms with Crippen LogP contribution in [0.4, 0.5) is 0 Å². The van der Waals surface area contributed by atoms with E-state index in [1.165, 1.54) is 0 Å². The predicted octanol–water partition coefficient (Wildman–Crippen LogP) is 2.98. The fraction of sp³-hybridized carbons (Fsp3) is 0.316. The molecule has 0 radical (unpaired) electrons. The van der Waals surface area contributed by atoms with Crippen molar-refractivity contribution in [2.24, 2.45) is 0 Å². The summed E-state index contributed by atoms with van der Waals surface area (Å²) in [5.41, 5.74) is 4.22. The molecule has 1 aromatic carbocycles. The van der Waals surface area contributed by atoms with Gasteiger partial charge in [0.1, 0.15) is 0 Å². The van der Waals surface area contributed by atoms with Crippen LogP contribution in [0, 0.1) is 13.8 Å². The molecule has 3 aromatic rings.